The van der Waals surface area contributed by atoms with Gasteiger partial charge in [-0.2, -0.15) is 0 Å². The molecular weight excluding hydrogens is 572 g/mol. The molecule has 2 bridgehead atoms. The zero-order chi connectivity index (χ0) is 32.1. The maximum absolute atomic E-state index is 13.7. The molecule has 3 aliphatic rings. The highest BCUT2D eigenvalue weighted by Crippen LogP contribution is 2.68. The lowest BCUT2D eigenvalue weighted by molar-refractivity contribution is -0.346. The summed E-state index contributed by atoms with van der Waals surface area (Å²) in [4.78, 5) is 52.3. The van der Waals surface area contributed by atoms with Gasteiger partial charge in [0, 0.05) is 13.8 Å². The average Bonchev–Trinajstić information content (AvgIpc) is 3.15. The van der Waals surface area contributed by atoms with Crippen molar-refractivity contribution in [1.29, 1.82) is 0 Å². The fourth-order valence-electron chi connectivity index (χ4n) is 7.72. The van der Waals surface area contributed by atoms with Gasteiger partial charge in [-0.3, -0.25) is 9.59 Å². The van der Waals surface area contributed by atoms with E-state index in [2.05, 4.69) is 0 Å². The van der Waals surface area contributed by atoms with Gasteiger partial charge < -0.3 is 33.9 Å². The number of hydrogen-bond donors (Lipinski definition) is 2. The quantitative estimate of drug-likeness (QED) is 0.351. The summed E-state index contributed by atoms with van der Waals surface area (Å²) < 4.78 is 30.5. The molecule has 11 nitrogen and oxygen atoms in total. The van der Waals surface area contributed by atoms with Gasteiger partial charge >= 0.3 is 23.9 Å². The van der Waals surface area contributed by atoms with Crippen LogP contribution < -0.4 is 0 Å². The fraction of sp³-hybridized carbons (Fsp3) is 0.515. The van der Waals surface area contributed by atoms with E-state index in [1.165, 1.54) is 32.9 Å². The molecule has 0 amide bonds. The number of hydrogen-bond acceptors (Lipinski definition) is 11. The highest BCUT2D eigenvalue weighted by Gasteiger charge is 2.86. The van der Waals surface area contributed by atoms with Crippen LogP contribution >= 0.6 is 0 Å². The second-order valence-corrected chi connectivity index (χ2v) is 12.6. The number of carbonyl (C=O) groups is 4. The number of esters is 4. The van der Waals surface area contributed by atoms with E-state index in [0.29, 0.717) is 0 Å². The smallest absolute Gasteiger partial charge is 0.338 e. The topological polar surface area (TPSA) is 155 Å². The molecule has 2 aromatic carbocycles. The molecule has 2 aliphatic carbocycles. The van der Waals surface area contributed by atoms with Crippen LogP contribution in [0, 0.1) is 11.3 Å². The van der Waals surface area contributed by atoms with Gasteiger partial charge in [0.2, 0.25) is 0 Å². The molecule has 236 valence electrons. The van der Waals surface area contributed by atoms with Crippen LogP contribution in [-0.2, 0) is 33.3 Å². The minimum atomic E-state index is -2.03. The van der Waals surface area contributed by atoms with E-state index >= 15 is 0 Å². The standard InChI is InChI=1S/C33H38O11/c1-19(34)40-18-32-23(42-28(37)21-12-8-6-9-13-21)16-17-31(5,39)33(32)26(36)24(30(3,4)44-33)25(41-20(2)35)27(32)43-29(38)22-14-10-7-11-15-22/h6-15,23-27,36,39H,16-18H2,1-5H3/t23-,24-,25-,26+,27+,31-,32-,33-/m0/s1. The maximum Gasteiger partial charge on any atom is 0.338 e. The minimum Gasteiger partial charge on any atom is -0.465 e. The molecule has 11 heteroatoms. The van der Waals surface area contributed by atoms with Crippen LogP contribution in [-0.4, -0.2) is 81.9 Å². The zero-order valence-corrected chi connectivity index (χ0v) is 25.4. The third-order valence-electron chi connectivity index (χ3n) is 9.42. The first-order chi connectivity index (χ1) is 20.7. The summed E-state index contributed by atoms with van der Waals surface area (Å²) in [7, 11) is 0. The van der Waals surface area contributed by atoms with E-state index in [4.69, 9.17) is 23.7 Å². The van der Waals surface area contributed by atoms with Crippen LogP contribution in [0.4, 0.5) is 0 Å². The van der Waals surface area contributed by atoms with Gasteiger partial charge in [0.1, 0.15) is 29.8 Å². The molecule has 5 rings (SSSR count). The maximum atomic E-state index is 13.7. The lowest BCUT2D eigenvalue weighted by Gasteiger charge is -2.65. The van der Waals surface area contributed by atoms with Crippen molar-refractivity contribution in [3.05, 3.63) is 71.8 Å². The molecule has 2 saturated carbocycles. The Balaban J connectivity index is 1.77. The average molecular weight is 611 g/mol. The lowest BCUT2D eigenvalue weighted by atomic mass is 9.46. The van der Waals surface area contributed by atoms with E-state index in [-0.39, 0.29) is 24.0 Å². The van der Waals surface area contributed by atoms with Crippen molar-refractivity contribution in [2.24, 2.45) is 11.3 Å². The Morgan fingerprint density at radius 2 is 1.39 bits per heavy atom. The van der Waals surface area contributed by atoms with Crippen molar-refractivity contribution in [3.8, 4) is 0 Å². The Labute approximate surface area is 255 Å². The summed E-state index contributed by atoms with van der Waals surface area (Å²) in [5.74, 6) is -4.02. The van der Waals surface area contributed by atoms with E-state index in [0.717, 1.165) is 0 Å². The van der Waals surface area contributed by atoms with E-state index in [1.807, 2.05) is 0 Å². The first-order valence-electron chi connectivity index (χ1n) is 14.6. The predicted molar refractivity (Wildman–Crippen MR) is 153 cm³/mol. The molecule has 0 radical (unpaired) electrons. The van der Waals surface area contributed by atoms with Crippen LogP contribution in [0.2, 0.25) is 0 Å². The first kappa shape index (κ1) is 31.6. The van der Waals surface area contributed by atoms with Crippen LogP contribution in [0.25, 0.3) is 0 Å². The Morgan fingerprint density at radius 3 is 1.91 bits per heavy atom. The summed E-state index contributed by atoms with van der Waals surface area (Å²) in [6.07, 6.45) is -5.68. The third-order valence-corrected chi connectivity index (χ3v) is 9.42. The van der Waals surface area contributed by atoms with Gasteiger partial charge in [-0.1, -0.05) is 36.4 Å². The van der Waals surface area contributed by atoms with E-state index in [1.54, 1.807) is 62.4 Å². The third kappa shape index (κ3) is 4.87. The van der Waals surface area contributed by atoms with Gasteiger partial charge in [-0.15, -0.1) is 0 Å². The molecule has 1 aliphatic heterocycles. The van der Waals surface area contributed by atoms with Gasteiger partial charge in [-0.05, 0) is 57.9 Å². The van der Waals surface area contributed by atoms with Gasteiger partial charge in [-0.25, -0.2) is 9.59 Å². The number of benzene rings is 2. The summed E-state index contributed by atoms with van der Waals surface area (Å²) in [6.45, 7) is 6.55. The monoisotopic (exact) mass is 610 g/mol. The number of aliphatic hydroxyl groups is 2. The largest absolute Gasteiger partial charge is 0.465 e. The van der Waals surface area contributed by atoms with Crippen LogP contribution in [0.3, 0.4) is 0 Å². The summed E-state index contributed by atoms with van der Waals surface area (Å²) in [5.41, 5.74) is -6.69. The summed E-state index contributed by atoms with van der Waals surface area (Å²) in [6, 6.07) is 16.3. The SMILES string of the molecule is CC(=O)OC[C@@]12[C@@H](OC(=O)c3ccccc3)CC[C@](C)(O)[C@]13OC(C)(C)[C@@H]([C@H](OC(C)=O)[C@H]2OC(=O)c1ccccc1)[C@H]3O. The highest BCUT2D eigenvalue weighted by atomic mass is 16.6. The van der Waals surface area contributed by atoms with Crippen molar-refractivity contribution in [2.45, 2.75) is 88.7 Å². The number of rotatable bonds is 7. The number of fused-ring (bicyclic) bond motifs is 1. The highest BCUT2D eigenvalue weighted by molar-refractivity contribution is 5.90. The van der Waals surface area contributed by atoms with Crippen molar-refractivity contribution in [2.75, 3.05) is 6.61 Å². The minimum absolute atomic E-state index is 0.000990. The molecule has 1 heterocycles. The second-order valence-electron chi connectivity index (χ2n) is 12.6. The lowest BCUT2D eigenvalue weighted by Crippen LogP contribution is -2.83. The molecule has 0 aromatic heterocycles. The van der Waals surface area contributed by atoms with Crippen molar-refractivity contribution in [1.82, 2.24) is 0 Å². The van der Waals surface area contributed by atoms with Crippen LogP contribution in [0.15, 0.2) is 60.7 Å². The normalized spacial score (nSPS) is 35.1. The predicted octanol–water partition coefficient (Wildman–Crippen LogP) is 3.00. The van der Waals surface area contributed by atoms with Crippen LogP contribution in [0.5, 0.6) is 0 Å². The van der Waals surface area contributed by atoms with Crippen molar-refractivity contribution < 1.29 is 53.1 Å². The second kappa shape index (κ2) is 11.3. The van der Waals surface area contributed by atoms with Gasteiger partial charge in [0.25, 0.3) is 0 Å². The molecule has 0 unspecified atom stereocenters. The van der Waals surface area contributed by atoms with Gasteiger partial charge in [0.15, 0.2) is 6.10 Å². The molecule has 1 saturated heterocycles. The fourth-order valence-corrected chi connectivity index (χ4v) is 7.72. The molecule has 3 fully saturated rings. The zero-order valence-electron chi connectivity index (χ0n) is 25.4. The van der Waals surface area contributed by atoms with E-state index in [9.17, 15) is 29.4 Å². The number of ether oxygens (including phenoxy) is 5. The number of carbonyl (C=O) groups excluding carboxylic acids is 4. The number of aliphatic hydroxyl groups excluding tert-OH is 1. The summed E-state index contributed by atoms with van der Waals surface area (Å²) in [5, 5.41) is 24.4. The van der Waals surface area contributed by atoms with Crippen molar-refractivity contribution >= 4 is 23.9 Å². The van der Waals surface area contributed by atoms with E-state index < -0.39 is 83.0 Å². The molecule has 2 N–H and O–H groups in total. The van der Waals surface area contributed by atoms with Crippen LogP contribution in [0.1, 0.15) is 68.2 Å². The first-order valence-corrected chi connectivity index (χ1v) is 14.6. The molecule has 8 atom stereocenters. The van der Waals surface area contributed by atoms with Gasteiger partial charge in [0.05, 0.1) is 34.4 Å². The molecule has 1 spiro atoms. The Morgan fingerprint density at radius 1 is 0.841 bits per heavy atom. The van der Waals surface area contributed by atoms with Crippen molar-refractivity contribution in [3.63, 3.8) is 0 Å². The Kier molecular flexibility index (Phi) is 8.11. The summed E-state index contributed by atoms with van der Waals surface area (Å²) >= 11 is 0. The Bertz CT molecular complexity index is 1420. The molecule has 44 heavy (non-hydrogen) atoms. The Hall–Kier alpha value is -3.80. The molecule has 2 aromatic rings. The molecular formula is C33H38O11.